The summed E-state index contributed by atoms with van der Waals surface area (Å²) in [7, 11) is 0. The molecule has 0 aromatic rings. The fourth-order valence-corrected chi connectivity index (χ4v) is 8.05. The van der Waals surface area contributed by atoms with Gasteiger partial charge in [0, 0.05) is 13.0 Å². The number of aliphatic hydroxyl groups is 4. The molecule has 0 spiro atoms. The van der Waals surface area contributed by atoms with Crippen molar-refractivity contribution in [3.63, 3.8) is 0 Å². The van der Waals surface area contributed by atoms with Crippen molar-refractivity contribution in [1.29, 1.82) is 0 Å². The van der Waals surface area contributed by atoms with Gasteiger partial charge < -0.3 is 39.4 Å². The molecule has 0 bridgehead atoms. The zero-order chi connectivity index (χ0) is 44.3. The third-order valence-corrected chi connectivity index (χ3v) is 12.1. The minimum atomic E-state index is -1.53. The summed E-state index contributed by atoms with van der Waals surface area (Å²) >= 11 is 0. The van der Waals surface area contributed by atoms with Crippen molar-refractivity contribution < 1.29 is 44.2 Å². The van der Waals surface area contributed by atoms with Crippen LogP contribution in [0.3, 0.4) is 0 Å². The fraction of sp³-hybridized carbons (Fsp3) is 0.904. The molecule has 0 aromatic carbocycles. The number of carbonyl (C=O) groups excluding carboxylic acids is 1. The summed E-state index contributed by atoms with van der Waals surface area (Å²) in [5.74, 6) is -0.311. The zero-order valence-electron chi connectivity index (χ0n) is 39.7. The lowest BCUT2D eigenvalue weighted by molar-refractivity contribution is -0.305. The maximum Gasteiger partial charge on any atom is 0.306 e. The first kappa shape index (κ1) is 57.7. The normalized spacial score (nSPS) is 20.0. The Morgan fingerprint density at radius 3 is 1.41 bits per heavy atom. The molecule has 1 fully saturated rings. The van der Waals surface area contributed by atoms with Crippen molar-refractivity contribution >= 4 is 5.97 Å². The number of esters is 1. The molecular formula is C52H98O9. The van der Waals surface area contributed by atoms with Gasteiger partial charge in [-0.1, -0.05) is 212 Å². The molecule has 0 amide bonds. The first-order valence-corrected chi connectivity index (χ1v) is 25.9. The first-order chi connectivity index (χ1) is 29.9. The summed E-state index contributed by atoms with van der Waals surface area (Å²) in [6.45, 7) is 4.59. The molecule has 360 valence electrons. The maximum atomic E-state index is 12.8. The van der Waals surface area contributed by atoms with Gasteiger partial charge in [-0.15, -0.1) is 0 Å². The predicted octanol–water partition coefficient (Wildman–Crippen LogP) is 12.5. The van der Waals surface area contributed by atoms with Gasteiger partial charge in [0.05, 0.1) is 19.8 Å². The van der Waals surface area contributed by atoms with Crippen LogP contribution in [0.4, 0.5) is 0 Å². The Morgan fingerprint density at radius 2 is 0.951 bits per heavy atom. The topological polar surface area (TPSA) is 135 Å². The Morgan fingerprint density at radius 1 is 0.525 bits per heavy atom. The van der Waals surface area contributed by atoms with Crippen LogP contribution in [0.1, 0.15) is 239 Å². The number of allylic oxidation sites excluding steroid dienone is 4. The van der Waals surface area contributed by atoms with Gasteiger partial charge in [0.2, 0.25) is 0 Å². The van der Waals surface area contributed by atoms with E-state index in [9.17, 15) is 25.2 Å². The van der Waals surface area contributed by atoms with Gasteiger partial charge in [-0.3, -0.25) is 4.79 Å². The fourth-order valence-electron chi connectivity index (χ4n) is 8.05. The zero-order valence-corrected chi connectivity index (χ0v) is 39.7. The molecule has 9 heteroatoms. The predicted molar refractivity (Wildman–Crippen MR) is 252 cm³/mol. The van der Waals surface area contributed by atoms with Gasteiger partial charge in [0.25, 0.3) is 0 Å². The van der Waals surface area contributed by atoms with E-state index in [1.54, 1.807) is 0 Å². The molecule has 1 saturated heterocycles. The molecule has 0 aromatic heterocycles. The van der Waals surface area contributed by atoms with Gasteiger partial charge in [0.15, 0.2) is 6.29 Å². The van der Waals surface area contributed by atoms with Gasteiger partial charge >= 0.3 is 5.97 Å². The van der Waals surface area contributed by atoms with E-state index < -0.39 is 43.4 Å². The number of unbranched alkanes of at least 4 members (excludes halogenated alkanes) is 30. The summed E-state index contributed by atoms with van der Waals surface area (Å²) in [6, 6.07) is 0. The highest BCUT2D eigenvalue weighted by Crippen LogP contribution is 2.23. The van der Waals surface area contributed by atoms with Crippen LogP contribution in [0.15, 0.2) is 24.3 Å². The summed E-state index contributed by atoms with van der Waals surface area (Å²) in [4.78, 5) is 12.8. The number of hydrogen-bond donors (Lipinski definition) is 4. The monoisotopic (exact) mass is 867 g/mol. The van der Waals surface area contributed by atoms with Crippen molar-refractivity contribution in [3.05, 3.63) is 24.3 Å². The number of carbonyl (C=O) groups is 1. The number of hydrogen-bond acceptors (Lipinski definition) is 9. The highest BCUT2D eigenvalue weighted by Gasteiger charge is 2.44. The second kappa shape index (κ2) is 43.9. The second-order valence-corrected chi connectivity index (χ2v) is 18.0. The molecule has 0 saturated carbocycles. The molecule has 9 nitrogen and oxygen atoms in total. The number of ether oxygens (including phenoxy) is 4. The molecule has 6 atom stereocenters. The van der Waals surface area contributed by atoms with Gasteiger partial charge in [-0.2, -0.15) is 0 Å². The Kier molecular flexibility index (Phi) is 41.5. The van der Waals surface area contributed by atoms with Crippen molar-refractivity contribution in [2.24, 2.45) is 0 Å². The molecule has 1 heterocycles. The van der Waals surface area contributed by atoms with Crippen molar-refractivity contribution in [2.45, 2.75) is 275 Å². The van der Waals surface area contributed by atoms with Crippen LogP contribution in [0.5, 0.6) is 0 Å². The maximum absolute atomic E-state index is 12.8. The van der Waals surface area contributed by atoms with E-state index in [-0.39, 0.29) is 19.2 Å². The lowest BCUT2D eigenvalue weighted by atomic mass is 9.99. The highest BCUT2D eigenvalue weighted by atomic mass is 16.7. The van der Waals surface area contributed by atoms with Crippen LogP contribution in [0, 0.1) is 0 Å². The molecule has 6 unspecified atom stereocenters. The standard InChI is InChI=1S/C52H98O9/c1-3-5-7-9-11-13-15-17-19-20-21-22-23-24-25-26-27-29-31-33-35-37-39-41-48(54)60-46(45-59-52-51(57)50(56)49(55)47(43-53)61-52)44-58-42-40-38-36-34-32-30-28-18-16-14-12-10-8-6-4-2/h15,17,20-21,46-47,49-53,55-57H,3-14,16,18-19,22-45H2,1-2H3/b17-15-,21-20-. The highest BCUT2D eigenvalue weighted by molar-refractivity contribution is 5.69. The largest absolute Gasteiger partial charge is 0.457 e. The lowest BCUT2D eigenvalue weighted by Crippen LogP contribution is -2.59. The van der Waals surface area contributed by atoms with Crippen molar-refractivity contribution in [2.75, 3.05) is 26.4 Å². The van der Waals surface area contributed by atoms with Crippen LogP contribution >= 0.6 is 0 Å². The van der Waals surface area contributed by atoms with Crippen LogP contribution in [0.2, 0.25) is 0 Å². The third-order valence-electron chi connectivity index (χ3n) is 12.1. The minimum absolute atomic E-state index is 0.110. The summed E-state index contributed by atoms with van der Waals surface area (Å²) in [6.07, 6.45) is 44.9. The van der Waals surface area contributed by atoms with Crippen molar-refractivity contribution in [1.82, 2.24) is 0 Å². The molecular weight excluding hydrogens is 769 g/mol. The van der Waals surface area contributed by atoms with E-state index in [4.69, 9.17) is 18.9 Å². The Balaban J connectivity index is 2.18. The van der Waals surface area contributed by atoms with Crippen LogP contribution < -0.4 is 0 Å². The Labute approximate surface area is 375 Å². The van der Waals surface area contributed by atoms with E-state index in [2.05, 4.69) is 38.2 Å². The van der Waals surface area contributed by atoms with E-state index in [1.165, 1.54) is 180 Å². The molecule has 61 heavy (non-hydrogen) atoms. The number of rotatable bonds is 45. The average Bonchev–Trinajstić information content (AvgIpc) is 3.26. The molecule has 0 radical (unpaired) electrons. The SMILES string of the molecule is CCCCCCC/C=C\C/C=C\CCCCCCCCCCCCCC(=O)OC(COCCCCCCCCCCCCCCCCC)COC1OC(CO)C(O)C(O)C1O. The second-order valence-electron chi connectivity index (χ2n) is 18.0. The van der Waals surface area contributed by atoms with Gasteiger partial charge in [0.1, 0.15) is 30.5 Å². The van der Waals surface area contributed by atoms with Gasteiger partial charge in [-0.25, -0.2) is 0 Å². The van der Waals surface area contributed by atoms with Crippen molar-refractivity contribution in [3.8, 4) is 0 Å². The molecule has 1 aliphatic heterocycles. The lowest BCUT2D eigenvalue weighted by Gasteiger charge is -2.39. The van der Waals surface area contributed by atoms with Crippen LogP contribution in [0.25, 0.3) is 0 Å². The molecule has 4 N–H and O–H groups in total. The minimum Gasteiger partial charge on any atom is -0.457 e. The summed E-state index contributed by atoms with van der Waals surface area (Å²) < 4.78 is 22.9. The number of aliphatic hydroxyl groups excluding tert-OH is 4. The van der Waals surface area contributed by atoms with Crippen LogP contribution in [-0.4, -0.2) is 89.6 Å². The molecule has 1 aliphatic rings. The van der Waals surface area contributed by atoms with E-state index in [1.807, 2.05) is 0 Å². The summed E-state index contributed by atoms with van der Waals surface area (Å²) in [5.41, 5.74) is 0. The molecule has 1 rings (SSSR count). The Bertz CT molecular complexity index is 988. The smallest absolute Gasteiger partial charge is 0.306 e. The van der Waals surface area contributed by atoms with Gasteiger partial charge in [-0.05, 0) is 44.9 Å². The Hall–Kier alpha value is -1.33. The third kappa shape index (κ3) is 34.7. The van der Waals surface area contributed by atoms with E-state index in [0.29, 0.717) is 13.0 Å². The van der Waals surface area contributed by atoms with Crippen LogP contribution in [-0.2, 0) is 23.7 Å². The molecule has 0 aliphatic carbocycles. The average molecular weight is 867 g/mol. The first-order valence-electron chi connectivity index (χ1n) is 25.9. The summed E-state index contributed by atoms with van der Waals surface area (Å²) in [5, 5.41) is 40.2. The quantitative estimate of drug-likeness (QED) is 0.0268. The van der Waals surface area contributed by atoms with E-state index >= 15 is 0 Å². The van der Waals surface area contributed by atoms with E-state index in [0.717, 1.165) is 38.5 Å².